The monoisotopic (exact) mass is 295 g/mol. The molecule has 0 saturated carbocycles. The summed E-state index contributed by atoms with van der Waals surface area (Å²) in [6.07, 6.45) is 3.47. The Morgan fingerprint density at radius 3 is 2.71 bits per heavy atom. The van der Waals surface area contributed by atoms with E-state index in [2.05, 4.69) is 0 Å². The maximum atomic E-state index is 12.6. The summed E-state index contributed by atoms with van der Waals surface area (Å²) in [5.74, 6) is -0.840. The molecule has 1 amide bonds. The molecule has 0 aromatic carbocycles. The zero-order valence-electron chi connectivity index (χ0n) is 11.9. The summed E-state index contributed by atoms with van der Waals surface area (Å²) in [5.41, 5.74) is 0.0463. The third-order valence-corrected chi connectivity index (χ3v) is 3.66. The molecular weight excluding hydrogens is 278 g/mol. The van der Waals surface area contributed by atoms with Gasteiger partial charge in [-0.3, -0.25) is 14.9 Å². The maximum Gasteiger partial charge on any atom is 0.328 e. The molecule has 0 radical (unpaired) electrons. The fraction of sp³-hybridized carbons (Fsp3) is 0.538. The van der Waals surface area contributed by atoms with Crippen molar-refractivity contribution >= 4 is 17.6 Å². The lowest BCUT2D eigenvalue weighted by Crippen LogP contribution is -2.48. The molecule has 1 atom stereocenters. The highest BCUT2D eigenvalue weighted by Gasteiger charge is 2.34. The molecule has 8 heteroatoms. The Bertz CT molecular complexity index is 580. The number of methoxy groups -OCH3 is 1. The van der Waals surface area contributed by atoms with Crippen LogP contribution < -0.4 is 0 Å². The molecule has 1 aromatic heterocycles. The quantitative estimate of drug-likeness (QED) is 0.473. The summed E-state index contributed by atoms with van der Waals surface area (Å²) in [5, 5.41) is 10.8. The molecule has 1 aliphatic rings. The molecule has 1 saturated heterocycles. The topological polar surface area (TPSA) is 94.7 Å². The van der Waals surface area contributed by atoms with Crippen LogP contribution in [0, 0.1) is 10.1 Å². The molecule has 0 aliphatic carbocycles. The molecule has 21 heavy (non-hydrogen) atoms. The number of hydrogen-bond acceptors (Lipinski definition) is 5. The Kier molecular flexibility index (Phi) is 4.25. The van der Waals surface area contributed by atoms with Crippen molar-refractivity contribution in [3.8, 4) is 0 Å². The van der Waals surface area contributed by atoms with Crippen LogP contribution in [0.4, 0.5) is 5.69 Å². The number of aryl methyl sites for hydroxylation is 1. The normalized spacial score (nSPS) is 18.4. The third kappa shape index (κ3) is 2.88. The first kappa shape index (κ1) is 15.0. The van der Waals surface area contributed by atoms with Gasteiger partial charge in [-0.05, 0) is 19.3 Å². The SMILES string of the molecule is COC(=O)[C@H]1CCCCN1C(=O)c1cc([N+](=O)[O-])cn1C. The van der Waals surface area contributed by atoms with Gasteiger partial charge in [-0.25, -0.2) is 4.79 Å². The molecule has 0 spiro atoms. The minimum Gasteiger partial charge on any atom is -0.467 e. The number of carbonyl (C=O) groups is 2. The molecule has 0 unspecified atom stereocenters. The number of hydrogen-bond donors (Lipinski definition) is 0. The number of rotatable bonds is 3. The molecule has 1 aromatic rings. The summed E-state index contributed by atoms with van der Waals surface area (Å²) < 4.78 is 6.14. The van der Waals surface area contributed by atoms with E-state index >= 15 is 0 Å². The highest BCUT2D eigenvalue weighted by molar-refractivity contribution is 5.96. The number of nitrogens with zero attached hydrogens (tertiary/aromatic N) is 3. The van der Waals surface area contributed by atoms with E-state index in [0.717, 1.165) is 12.8 Å². The standard InChI is InChI=1S/C13H17N3O5/c1-14-8-9(16(19)20)7-11(14)12(17)15-6-4-3-5-10(15)13(18)21-2/h7-8,10H,3-6H2,1-2H3/t10-/m1/s1. The maximum absolute atomic E-state index is 12.6. The van der Waals surface area contributed by atoms with Gasteiger partial charge in [0.05, 0.1) is 18.2 Å². The van der Waals surface area contributed by atoms with E-state index in [9.17, 15) is 19.7 Å². The second-order valence-electron chi connectivity index (χ2n) is 4.98. The number of amides is 1. The van der Waals surface area contributed by atoms with Crippen LogP contribution in [0.2, 0.25) is 0 Å². The van der Waals surface area contributed by atoms with Gasteiger partial charge in [0, 0.05) is 19.7 Å². The van der Waals surface area contributed by atoms with Gasteiger partial charge in [-0.15, -0.1) is 0 Å². The van der Waals surface area contributed by atoms with Crippen LogP contribution in [-0.2, 0) is 16.6 Å². The van der Waals surface area contributed by atoms with Gasteiger partial charge in [0.15, 0.2) is 0 Å². The van der Waals surface area contributed by atoms with Gasteiger partial charge in [-0.2, -0.15) is 0 Å². The van der Waals surface area contributed by atoms with E-state index < -0.39 is 16.9 Å². The van der Waals surface area contributed by atoms with E-state index in [-0.39, 0.29) is 17.3 Å². The lowest BCUT2D eigenvalue weighted by atomic mass is 10.0. The van der Waals surface area contributed by atoms with Crippen LogP contribution in [0.15, 0.2) is 12.3 Å². The van der Waals surface area contributed by atoms with Crippen LogP contribution in [0.25, 0.3) is 0 Å². The van der Waals surface area contributed by atoms with Crippen molar-refractivity contribution < 1.29 is 19.2 Å². The van der Waals surface area contributed by atoms with E-state index in [0.29, 0.717) is 13.0 Å². The van der Waals surface area contributed by atoms with Crippen molar-refractivity contribution in [1.29, 1.82) is 0 Å². The van der Waals surface area contributed by atoms with Gasteiger partial charge in [0.1, 0.15) is 11.7 Å². The summed E-state index contributed by atoms with van der Waals surface area (Å²) in [7, 11) is 2.85. The lowest BCUT2D eigenvalue weighted by Gasteiger charge is -2.33. The Morgan fingerprint density at radius 2 is 2.14 bits per heavy atom. The van der Waals surface area contributed by atoms with E-state index in [1.165, 1.54) is 28.8 Å². The minimum atomic E-state index is -0.620. The Morgan fingerprint density at radius 1 is 1.43 bits per heavy atom. The van der Waals surface area contributed by atoms with Crippen molar-refractivity contribution in [2.24, 2.45) is 7.05 Å². The first-order valence-electron chi connectivity index (χ1n) is 6.65. The minimum absolute atomic E-state index is 0.146. The summed E-state index contributed by atoms with van der Waals surface area (Å²) >= 11 is 0. The van der Waals surface area contributed by atoms with Gasteiger partial charge in [0.25, 0.3) is 11.6 Å². The fourth-order valence-electron chi connectivity index (χ4n) is 2.56. The number of likely N-dealkylation sites (tertiary alicyclic amines) is 1. The Balaban J connectivity index is 2.28. The molecule has 2 heterocycles. The van der Waals surface area contributed by atoms with Crippen LogP contribution in [-0.4, -0.2) is 46.0 Å². The van der Waals surface area contributed by atoms with Gasteiger partial charge in [0.2, 0.25) is 0 Å². The average molecular weight is 295 g/mol. The van der Waals surface area contributed by atoms with E-state index in [1.54, 1.807) is 7.05 Å². The summed E-state index contributed by atoms with van der Waals surface area (Å²) in [6.45, 7) is 0.442. The lowest BCUT2D eigenvalue weighted by molar-refractivity contribution is -0.384. The number of carbonyl (C=O) groups excluding carboxylic acids is 2. The van der Waals surface area contributed by atoms with E-state index in [4.69, 9.17) is 4.74 Å². The largest absolute Gasteiger partial charge is 0.467 e. The van der Waals surface area contributed by atoms with Crippen LogP contribution in [0.5, 0.6) is 0 Å². The first-order chi connectivity index (χ1) is 9.95. The Labute approximate surface area is 121 Å². The van der Waals surface area contributed by atoms with Gasteiger partial charge >= 0.3 is 5.97 Å². The molecule has 114 valence electrons. The average Bonchev–Trinajstić information content (AvgIpc) is 2.88. The summed E-state index contributed by atoms with van der Waals surface area (Å²) in [6, 6.07) is 0.607. The van der Waals surface area contributed by atoms with Gasteiger partial charge < -0.3 is 14.2 Å². The molecule has 0 N–H and O–H groups in total. The zero-order chi connectivity index (χ0) is 15.6. The first-order valence-corrected chi connectivity index (χ1v) is 6.65. The molecule has 8 nitrogen and oxygen atoms in total. The second-order valence-corrected chi connectivity index (χ2v) is 4.98. The molecule has 1 fully saturated rings. The second kappa shape index (κ2) is 5.94. The van der Waals surface area contributed by atoms with Crippen LogP contribution in [0.3, 0.4) is 0 Å². The molecule has 0 bridgehead atoms. The molecular formula is C13H17N3O5. The van der Waals surface area contributed by atoms with Crippen LogP contribution in [0.1, 0.15) is 29.8 Å². The number of aromatic nitrogens is 1. The smallest absolute Gasteiger partial charge is 0.328 e. The Hall–Kier alpha value is -2.38. The number of nitro groups is 1. The van der Waals surface area contributed by atoms with Crippen molar-refractivity contribution in [1.82, 2.24) is 9.47 Å². The van der Waals surface area contributed by atoms with Gasteiger partial charge in [-0.1, -0.05) is 0 Å². The van der Waals surface area contributed by atoms with Crippen molar-refractivity contribution in [2.75, 3.05) is 13.7 Å². The number of piperidine rings is 1. The number of esters is 1. The molecule has 1 aliphatic heterocycles. The predicted octanol–water partition coefficient (Wildman–Crippen LogP) is 1.10. The highest BCUT2D eigenvalue weighted by atomic mass is 16.6. The number of ether oxygens (including phenoxy) is 1. The highest BCUT2D eigenvalue weighted by Crippen LogP contribution is 2.23. The van der Waals surface area contributed by atoms with Crippen LogP contribution >= 0.6 is 0 Å². The van der Waals surface area contributed by atoms with Crippen molar-refractivity contribution in [3.63, 3.8) is 0 Å². The fourth-order valence-corrected chi connectivity index (χ4v) is 2.56. The summed E-state index contributed by atoms with van der Waals surface area (Å²) in [4.78, 5) is 36.0. The third-order valence-electron chi connectivity index (χ3n) is 3.66. The van der Waals surface area contributed by atoms with Crippen molar-refractivity contribution in [3.05, 3.63) is 28.1 Å². The predicted molar refractivity (Wildman–Crippen MR) is 72.8 cm³/mol. The zero-order valence-corrected chi connectivity index (χ0v) is 11.9. The van der Waals surface area contributed by atoms with E-state index in [1.807, 2.05) is 0 Å². The molecule has 2 rings (SSSR count). The van der Waals surface area contributed by atoms with Crippen molar-refractivity contribution in [2.45, 2.75) is 25.3 Å².